The first kappa shape index (κ1) is 15.9. The predicted octanol–water partition coefficient (Wildman–Crippen LogP) is 0.850. The van der Waals surface area contributed by atoms with Gasteiger partial charge in [0.15, 0.2) is 0 Å². The first-order valence-corrected chi connectivity index (χ1v) is 6.95. The lowest BCUT2D eigenvalue weighted by atomic mass is 9.79. The highest BCUT2D eigenvalue weighted by molar-refractivity contribution is 4.88. The predicted molar refractivity (Wildman–Crippen MR) is 72.4 cm³/mol. The molecule has 0 heterocycles. The van der Waals surface area contributed by atoms with Crippen LogP contribution in [0.2, 0.25) is 0 Å². The molecule has 1 aliphatic rings. The van der Waals surface area contributed by atoms with Gasteiger partial charge in [-0.05, 0) is 38.6 Å². The van der Waals surface area contributed by atoms with E-state index in [9.17, 15) is 15.3 Å². The summed E-state index contributed by atoms with van der Waals surface area (Å²) in [7, 11) is 1.94. The third-order valence-electron chi connectivity index (χ3n) is 4.18. The molecule has 0 amide bonds. The first-order chi connectivity index (χ1) is 8.32. The summed E-state index contributed by atoms with van der Waals surface area (Å²) in [6, 6.07) is 0. The van der Waals surface area contributed by atoms with Crippen molar-refractivity contribution in [2.24, 2.45) is 11.3 Å². The number of hydrogen-bond acceptors (Lipinski definition) is 4. The van der Waals surface area contributed by atoms with Crippen LogP contribution in [0.5, 0.6) is 0 Å². The van der Waals surface area contributed by atoms with Crippen molar-refractivity contribution in [3.8, 4) is 0 Å². The second kappa shape index (κ2) is 6.33. The molecule has 3 N–H and O–H groups in total. The van der Waals surface area contributed by atoms with Crippen LogP contribution in [0.25, 0.3) is 0 Å². The third kappa shape index (κ3) is 4.50. The van der Waals surface area contributed by atoms with Gasteiger partial charge in [0.25, 0.3) is 0 Å². The highest BCUT2D eigenvalue weighted by Gasteiger charge is 2.34. The lowest BCUT2D eigenvalue weighted by molar-refractivity contribution is -0.0441. The van der Waals surface area contributed by atoms with E-state index < -0.39 is 11.0 Å². The summed E-state index contributed by atoms with van der Waals surface area (Å²) >= 11 is 0. The molecule has 1 fully saturated rings. The Balaban J connectivity index is 2.46. The van der Waals surface area contributed by atoms with Gasteiger partial charge in [-0.1, -0.05) is 13.8 Å². The van der Waals surface area contributed by atoms with Crippen LogP contribution >= 0.6 is 0 Å². The zero-order valence-corrected chi connectivity index (χ0v) is 12.0. The molecule has 0 aromatic heterocycles. The Labute approximate surface area is 111 Å². The second-order valence-electron chi connectivity index (χ2n) is 6.71. The zero-order valence-electron chi connectivity index (χ0n) is 12.0. The van der Waals surface area contributed by atoms with Gasteiger partial charge in [0.2, 0.25) is 0 Å². The molecule has 0 aromatic rings. The average molecular weight is 259 g/mol. The van der Waals surface area contributed by atoms with Crippen molar-refractivity contribution in [2.75, 3.05) is 33.4 Å². The molecule has 0 atom stereocenters. The third-order valence-corrected chi connectivity index (χ3v) is 4.18. The first-order valence-electron chi connectivity index (χ1n) is 6.95. The van der Waals surface area contributed by atoms with E-state index in [2.05, 4.69) is 6.92 Å². The van der Waals surface area contributed by atoms with E-state index >= 15 is 0 Å². The van der Waals surface area contributed by atoms with Crippen molar-refractivity contribution in [3.05, 3.63) is 0 Å². The van der Waals surface area contributed by atoms with Crippen molar-refractivity contribution in [3.63, 3.8) is 0 Å². The normalized spacial score (nSPS) is 29.8. The lowest BCUT2D eigenvalue weighted by Gasteiger charge is -2.39. The summed E-state index contributed by atoms with van der Waals surface area (Å²) in [6.07, 6.45) is 3.88. The van der Waals surface area contributed by atoms with Crippen molar-refractivity contribution in [2.45, 2.75) is 45.1 Å². The molecule has 1 saturated carbocycles. The molecule has 18 heavy (non-hydrogen) atoms. The summed E-state index contributed by atoms with van der Waals surface area (Å²) in [5.41, 5.74) is -1.08. The molecule has 0 unspecified atom stereocenters. The van der Waals surface area contributed by atoms with Crippen LogP contribution in [0.4, 0.5) is 0 Å². The monoisotopic (exact) mass is 259 g/mol. The number of aliphatic hydroxyl groups excluding tert-OH is 2. The highest BCUT2D eigenvalue weighted by atomic mass is 16.3. The van der Waals surface area contributed by atoms with Crippen molar-refractivity contribution in [1.29, 1.82) is 0 Å². The molecule has 0 aliphatic heterocycles. The fourth-order valence-corrected chi connectivity index (χ4v) is 2.82. The summed E-state index contributed by atoms with van der Waals surface area (Å²) in [5.74, 6) is 0.718. The summed E-state index contributed by atoms with van der Waals surface area (Å²) < 4.78 is 0. The minimum Gasteiger partial charge on any atom is -0.396 e. The topological polar surface area (TPSA) is 63.9 Å². The summed E-state index contributed by atoms with van der Waals surface area (Å²) in [4.78, 5) is 2.03. The number of rotatable bonds is 6. The maximum absolute atomic E-state index is 10.5. The van der Waals surface area contributed by atoms with Crippen molar-refractivity contribution < 1.29 is 15.3 Å². The van der Waals surface area contributed by atoms with Crippen LogP contribution in [0.3, 0.4) is 0 Å². The number of nitrogens with zero attached hydrogens (tertiary/aromatic N) is 1. The van der Waals surface area contributed by atoms with Gasteiger partial charge >= 0.3 is 0 Å². The maximum Gasteiger partial charge on any atom is 0.0774 e. The van der Waals surface area contributed by atoms with Gasteiger partial charge in [-0.2, -0.15) is 0 Å². The molecule has 0 aromatic carbocycles. The Morgan fingerprint density at radius 2 is 1.72 bits per heavy atom. The van der Waals surface area contributed by atoms with Crippen molar-refractivity contribution in [1.82, 2.24) is 4.90 Å². The van der Waals surface area contributed by atoms with Crippen LogP contribution in [-0.2, 0) is 0 Å². The van der Waals surface area contributed by atoms with E-state index in [1.165, 1.54) is 0 Å². The molecule has 4 nitrogen and oxygen atoms in total. The van der Waals surface area contributed by atoms with Crippen LogP contribution in [0.15, 0.2) is 0 Å². The van der Waals surface area contributed by atoms with Crippen LogP contribution in [0, 0.1) is 11.3 Å². The maximum atomic E-state index is 10.5. The standard InChI is InChI=1S/C14H29NO3/c1-12-4-6-14(18,7-5-12)9-15(3)8-13(2,10-16)11-17/h12,16-18H,4-11H2,1-3H3. The van der Waals surface area contributed by atoms with E-state index in [4.69, 9.17) is 0 Å². The average Bonchev–Trinajstić information content (AvgIpc) is 2.33. The number of likely N-dealkylation sites (N-methyl/N-ethyl adjacent to an activating group) is 1. The van der Waals surface area contributed by atoms with E-state index in [0.29, 0.717) is 13.1 Å². The van der Waals surface area contributed by atoms with Crippen LogP contribution in [-0.4, -0.2) is 59.2 Å². The van der Waals surface area contributed by atoms with E-state index in [0.717, 1.165) is 31.6 Å². The minimum absolute atomic E-state index is 0.0384. The molecule has 0 saturated heterocycles. The summed E-state index contributed by atoms with van der Waals surface area (Å²) in [5, 5.41) is 29.1. The zero-order chi connectivity index (χ0) is 13.8. The Hall–Kier alpha value is -0.160. The van der Waals surface area contributed by atoms with E-state index in [-0.39, 0.29) is 13.2 Å². The van der Waals surface area contributed by atoms with Gasteiger partial charge in [-0.3, -0.25) is 0 Å². The van der Waals surface area contributed by atoms with Gasteiger partial charge in [-0.15, -0.1) is 0 Å². The number of hydrogen-bond donors (Lipinski definition) is 3. The molecular formula is C14H29NO3. The van der Waals surface area contributed by atoms with Gasteiger partial charge in [-0.25, -0.2) is 0 Å². The van der Waals surface area contributed by atoms with E-state index in [1.807, 2.05) is 18.9 Å². The number of aliphatic hydroxyl groups is 3. The van der Waals surface area contributed by atoms with Crippen LogP contribution < -0.4 is 0 Å². The SMILES string of the molecule is CC1CCC(O)(CN(C)CC(C)(CO)CO)CC1. The van der Waals surface area contributed by atoms with Crippen LogP contribution in [0.1, 0.15) is 39.5 Å². The largest absolute Gasteiger partial charge is 0.396 e. The summed E-state index contributed by atoms with van der Waals surface area (Å²) in [6.45, 7) is 5.23. The fourth-order valence-electron chi connectivity index (χ4n) is 2.82. The Morgan fingerprint density at radius 3 is 2.17 bits per heavy atom. The molecule has 0 spiro atoms. The molecule has 4 heteroatoms. The molecule has 0 bridgehead atoms. The van der Waals surface area contributed by atoms with Gasteiger partial charge < -0.3 is 20.2 Å². The molecule has 108 valence electrons. The van der Waals surface area contributed by atoms with Gasteiger partial charge in [0.1, 0.15) is 0 Å². The smallest absolute Gasteiger partial charge is 0.0774 e. The second-order valence-corrected chi connectivity index (χ2v) is 6.71. The molecule has 0 radical (unpaired) electrons. The molecule has 1 rings (SSSR count). The fraction of sp³-hybridized carbons (Fsp3) is 1.00. The highest BCUT2D eigenvalue weighted by Crippen LogP contribution is 2.32. The van der Waals surface area contributed by atoms with Crippen molar-refractivity contribution >= 4 is 0 Å². The Kier molecular flexibility index (Phi) is 5.59. The molecule has 1 aliphatic carbocycles. The minimum atomic E-state index is -0.590. The lowest BCUT2D eigenvalue weighted by Crippen LogP contribution is -2.48. The van der Waals surface area contributed by atoms with Gasteiger partial charge in [0.05, 0.1) is 18.8 Å². The van der Waals surface area contributed by atoms with Gasteiger partial charge in [0, 0.05) is 18.5 Å². The Bertz CT molecular complexity index is 245. The Morgan fingerprint density at radius 1 is 1.22 bits per heavy atom. The quantitative estimate of drug-likeness (QED) is 0.662. The van der Waals surface area contributed by atoms with E-state index in [1.54, 1.807) is 0 Å². The molecular weight excluding hydrogens is 230 g/mol.